The highest BCUT2D eigenvalue weighted by molar-refractivity contribution is 7.69. The summed E-state index contributed by atoms with van der Waals surface area (Å²) in [5, 5.41) is 5.64. The molecule has 152 valence electrons. The van der Waals surface area contributed by atoms with Gasteiger partial charge in [-0.15, -0.1) is 0 Å². The van der Waals surface area contributed by atoms with Gasteiger partial charge in [0, 0.05) is 37.2 Å². The van der Waals surface area contributed by atoms with E-state index in [1.54, 1.807) is 4.78 Å². The number of benzene rings is 1. The molecule has 1 aliphatic carbocycles. The van der Waals surface area contributed by atoms with Crippen molar-refractivity contribution in [1.82, 2.24) is 9.57 Å². The standard InChI is InChI=1S/C23H29N4OP/c1-23(2)19-13-7-8-14-20(19)25(3)22(23)21-17-24-27(18-11-5-4-6-12-18)29(21,28)26-15-9-10-16-26/h4-8,11-14,17,19-20H,9-10,15-16H2,1-3H3/b22-21+/t19-,20-,29-/m1/s1. The molecule has 5 nitrogen and oxygen atoms in total. The quantitative estimate of drug-likeness (QED) is 0.640. The summed E-state index contributed by atoms with van der Waals surface area (Å²) >= 11 is 0. The van der Waals surface area contributed by atoms with Crippen LogP contribution in [0.1, 0.15) is 26.7 Å². The Labute approximate surface area is 173 Å². The van der Waals surface area contributed by atoms with Gasteiger partial charge in [-0.1, -0.05) is 56.4 Å². The van der Waals surface area contributed by atoms with Crippen LogP contribution in [0.5, 0.6) is 0 Å². The highest BCUT2D eigenvalue weighted by Gasteiger charge is 2.54. The van der Waals surface area contributed by atoms with Gasteiger partial charge in [-0.25, -0.2) is 4.67 Å². The monoisotopic (exact) mass is 408 g/mol. The zero-order chi connectivity index (χ0) is 20.2. The summed E-state index contributed by atoms with van der Waals surface area (Å²) in [7, 11) is -0.901. The minimum atomic E-state index is -3.05. The third-order valence-electron chi connectivity index (χ3n) is 6.90. The molecule has 0 N–H and O–H groups in total. The Morgan fingerprint density at radius 2 is 1.76 bits per heavy atom. The molecule has 29 heavy (non-hydrogen) atoms. The number of hydrazone groups is 1. The Kier molecular flexibility index (Phi) is 4.38. The highest BCUT2D eigenvalue weighted by atomic mass is 31.2. The van der Waals surface area contributed by atoms with Gasteiger partial charge in [-0.05, 0) is 25.0 Å². The molecule has 0 bridgehead atoms. The van der Waals surface area contributed by atoms with Crippen LogP contribution < -0.4 is 4.78 Å². The lowest BCUT2D eigenvalue weighted by Gasteiger charge is -2.35. The summed E-state index contributed by atoms with van der Waals surface area (Å²) in [5.41, 5.74) is 1.94. The molecular formula is C23H29N4OP. The number of rotatable bonds is 2. The SMILES string of the molecule is CN1/C(=C2\C=NN(c3ccccc3)[P@]2(=O)N2CCCC2)C(C)(C)[C@@H]2C=CC=C[C@H]21. The molecule has 5 rings (SSSR count). The largest absolute Gasteiger partial charge is 0.370 e. The number of likely N-dealkylation sites (N-methyl/N-ethyl adjacent to an activating group) is 1. The van der Waals surface area contributed by atoms with Crippen molar-refractivity contribution in [3.8, 4) is 0 Å². The zero-order valence-corrected chi connectivity index (χ0v) is 18.3. The van der Waals surface area contributed by atoms with Crippen LogP contribution in [-0.2, 0) is 4.57 Å². The van der Waals surface area contributed by atoms with Crippen LogP contribution in [0, 0.1) is 11.3 Å². The maximum Gasteiger partial charge on any atom is 0.292 e. The average Bonchev–Trinajstić information content (AvgIpc) is 3.42. The van der Waals surface area contributed by atoms with Crippen molar-refractivity contribution in [3.05, 3.63) is 65.6 Å². The van der Waals surface area contributed by atoms with Crippen molar-refractivity contribution in [3.63, 3.8) is 0 Å². The molecule has 0 unspecified atom stereocenters. The van der Waals surface area contributed by atoms with Gasteiger partial charge in [-0.2, -0.15) is 9.88 Å². The normalized spacial score (nSPS) is 35.7. The molecule has 2 saturated heterocycles. The maximum atomic E-state index is 14.9. The van der Waals surface area contributed by atoms with Crippen LogP contribution in [0.2, 0.25) is 0 Å². The highest BCUT2D eigenvalue weighted by Crippen LogP contribution is 2.68. The van der Waals surface area contributed by atoms with Gasteiger partial charge in [0.2, 0.25) is 0 Å². The molecule has 6 heteroatoms. The third kappa shape index (κ3) is 2.64. The van der Waals surface area contributed by atoms with Gasteiger partial charge in [0.15, 0.2) is 0 Å². The summed E-state index contributed by atoms with van der Waals surface area (Å²) in [6, 6.07) is 10.3. The van der Waals surface area contributed by atoms with Crippen molar-refractivity contribution in [1.29, 1.82) is 0 Å². The van der Waals surface area contributed by atoms with Crippen LogP contribution in [0.4, 0.5) is 5.69 Å². The average molecular weight is 408 g/mol. The molecule has 4 aliphatic rings. The van der Waals surface area contributed by atoms with Crippen LogP contribution >= 0.6 is 7.44 Å². The van der Waals surface area contributed by atoms with Crippen molar-refractivity contribution >= 4 is 19.3 Å². The van der Waals surface area contributed by atoms with E-state index >= 15 is 0 Å². The molecule has 1 aromatic carbocycles. The van der Waals surface area contributed by atoms with E-state index in [2.05, 4.69) is 54.8 Å². The Balaban J connectivity index is 1.70. The number of hydrogen-bond donors (Lipinski definition) is 0. The van der Waals surface area contributed by atoms with Crippen molar-refractivity contribution < 1.29 is 4.57 Å². The topological polar surface area (TPSA) is 39.1 Å². The summed E-state index contributed by atoms with van der Waals surface area (Å²) in [4.78, 5) is 2.34. The number of anilines is 1. The van der Waals surface area contributed by atoms with Gasteiger partial charge >= 0.3 is 0 Å². The first-order chi connectivity index (χ1) is 14.0. The fourth-order valence-electron chi connectivity index (χ4n) is 5.49. The first kappa shape index (κ1) is 18.9. The van der Waals surface area contributed by atoms with E-state index in [4.69, 9.17) is 5.10 Å². The first-order valence-electron chi connectivity index (χ1n) is 10.5. The molecule has 2 fully saturated rings. The number of para-hydroxylation sites is 1. The zero-order valence-electron chi connectivity index (χ0n) is 17.4. The van der Waals surface area contributed by atoms with E-state index in [0.29, 0.717) is 12.0 Å². The van der Waals surface area contributed by atoms with E-state index in [9.17, 15) is 4.57 Å². The van der Waals surface area contributed by atoms with Gasteiger partial charge in [0.05, 0.1) is 23.3 Å². The van der Waals surface area contributed by atoms with Crippen molar-refractivity contribution in [2.45, 2.75) is 32.7 Å². The second-order valence-corrected chi connectivity index (χ2v) is 11.4. The van der Waals surface area contributed by atoms with Gasteiger partial charge < -0.3 is 4.90 Å². The van der Waals surface area contributed by atoms with Gasteiger partial charge in [0.25, 0.3) is 7.44 Å². The lowest BCUT2D eigenvalue weighted by atomic mass is 9.75. The van der Waals surface area contributed by atoms with E-state index in [1.165, 1.54) is 5.70 Å². The second kappa shape index (κ2) is 6.72. The van der Waals surface area contributed by atoms with Crippen LogP contribution in [0.3, 0.4) is 0 Å². The predicted octanol–water partition coefficient (Wildman–Crippen LogP) is 5.08. The lowest BCUT2D eigenvalue weighted by Crippen LogP contribution is -2.29. The summed E-state index contributed by atoms with van der Waals surface area (Å²) in [6.07, 6.45) is 12.9. The maximum absolute atomic E-state index is 14.9. The molecule has 0 saturated carbocycles. The fourth-order valence-corrected chi connectivity index (χ4v) is 8.62. The van der Waals surface area contributed by atoms with Gasteiger partial charge in [-0.3, -0.25) is 4.57 Å². The summed E-state index contributed by atoms with van der Waals surface area (Å²) in [6.45, 7) is 6.29. The third-order valence-corrected chi connectivity index (χ3v) is 9.87. The Morgan fingerprint density at radius 1 is 1.07 bits per heavy atom. The minimum Gasteiger partial charge on any atom is -0.370 e. The molecule has 1 aromatic rings. The molecular weight excluding hydrogens is 379 g/mol. The number of allylic oxidation sites excluding steroid dienone is 4. The number of fused-ring (bicyclic) bond motifs is 1. The van der Waals surface area contributed by atoms with Crippen LogP contribution in [-0.4, -0.2) is 42.0 Å². The lowest BCUT2D eigenvalue weighted by molar-refractivity contribution is 0.344. The second-order valence-electron chi connectivity index (χ2n) is 8.93. The van der Waals surface area contributed by atoms with E-state index < -0.39 is 7.44 Å². The van der Waals surface area contributed by atoms with E-state index in [-0.39, 0.29) is 5.41 Å². The smallest absolute Gasteiger partial charge is 0.292 e. The molecule has 0 radical (unpaired) electrons. The Hall–Kier alpha value is -2.10. The Morgan fingerprint density at radius 3 is 2.45 bits per heavy atom. The molecule has 3 aliphatic heterocycles. The fraction of sp³-hybridized carbons (Fsp3) is 0.435. The predicted molar refractivity (Wildman–Crippen MR) is 120 cm³/mol. The Bertz CT molecular complexity index is 972. The molecule has 0 aromatic heterocycles. The van der Waals surface area contributed by atoms with Crippen molar-refractivity contribution in [2.24, 2.45) is 16.4 Å². The molecule has 3 atom stereocenters. The number of likely N-dealkylation sites (tertiary alicyclic amines) is 1. The molecule has 3 heterocycles. The van der Waals surface area contributed by atoms with Crippen LogP contribution in [0.25, 0.3) is 0 Å². The van der Waals surface area contributed by atoms with Crippen molar-refractivity contribution in [2.75, 3.05) is 24.9 Å². The summed E-state index contributed by atoms with van der Waals surface area (Å²) in [5.74, 6) is 0.367. The number of hydrogen-bond acceptors (Lipinski definition) is 3. The van der Waals surface area contributed by atoms with Crippen LogP contribution in [0.15, 0.2) is 70.7 Å². The molecule has 0 amide bonds. The van der Waals surface area contributed by atoms with E-state index in [0.717, 1.165) is 36.9 Å². The minimum absolute atomic E-state index is 0.121. The summed E-state index contributed by atoms with van der Waals surface area (Å²) < 4.78 is 18.9. The molecule has 0 spiro atoms. The number of nitrogens with zero attached hydrogens (tertiary/aromatic N) is 4. The van der Waals surface area contributed by atoms with Gasteiger partial charge in [0.1, 0.15) is 0 Å². The van der Waals surface area contributed by atoms with E-state index in [1.807, 2.05) is 36.5 Å². The first-order valence-corrected chi connectivity index (χ1v) is 12.1.